The van der Waals surface area contributed by atoms with E-state index in [4.69, 9.17) is 39.5 Å². The molecule has 1 aromatic carbocycles. The van der Waals surface area contributed by atoms with E-state index in [1.807, 2.05) is 0 Å². The van der Waals surface area contributed by atoms with Crippen LogP contribution >= 0.6 is 34.8 Å². The molecule has 0 aromatic heterocycles. The highest BCUT2D eigenvalue weighted by molar-refractivity contribution is 6.45. The molecule has 1 rings (SSSR count). The lowest BCUT2D eigenvalue weighted by atomic mass is 10.1. The zero-order valence-corrected chi connectivity index (χ0v) is 9.58. The molecule has 0 amide bonds. The molecule has 2 nitrogen and oxygen atoms in total. The Morgan fingerprint density at radius 3 is 2.57 bits per heavy atom. The number of Topliss-reactive ketones (excluding diaryl/α,β-unsaturated/α-hetero) is 1. The van der Waals surface area contributed by atoms with Gasteiger partial charge >= 0.3 is 0 Å². The number of benzene rings is 1. The van der Waals surface area contributed by atoms with Gasteiger partial charge in [0.05, 0.1) is 23.0 Å². The van der Waals surface area contributed by atoms with E-state index in [9.17, 15) is 4.79 Å². The summed E-state index contributed by atoms with van der Waals surface area (Å²) in [4.78, 5) is 11.3. The Kier molecular flexibility index (Phi) is 4.05. The highest BCUT2D eigenvalue weighted by Crippen LogP contribution is 2.31. The minimum Gasteiger partial charge on any atom is -0.497 e. The van der Waals surface area contributed by atoms with Crippen LogP contribution in [0.1, 0.15) is 10.4 Å². The summed E-state index contributed by atoms with van der Waals surface area (Å²) in [5.41, 5.74) is 0.283. The standard InChI is InChI=1S/C9H7Cl3O2/c1-14-5-2-6(8(13)4-10)9(12)7(11)3-5/h2-3H,4H2,1H3. The van der Waals surface area contributed by atoms with Crippen molar-refractivity contribution in [3.63, 3.8) is 0 Å². The van der Waals surface area contributed by atoms with Gasteiger partial charge in [0.25, 0.3) is 0 Å². The highest BCUT2D eigenvalue weighted by atomic mass is 35.5. The molecule has 0 aliphatic carbocycles. The number of alkyl halides is 1. The monoisotopic (exact) mass is 252 g/mol. The SMILES string of the molecule is COc1cc(Cl)c(Cl)c(C(=O)CCl)c1. The van der Waals surface area contributed by atoms with Gasteiger partial charge in [-0.2, -0.15) is 0 Å². The second-order valence-electron chi connectivity index (χ2n) is 2.53. The minimum atomic E-state index is -0.280. The predicted molar refractivity (Wildman–Crippen MR) is 58.1 cm³/mol. The zero-order valence-electron chi connectivity index (χ0n) is 7.31. The zero-order chi connectivity index (χ0) is 10.7. The summed E-state index contributed by atoms with van der Waals surface area (Å²) in [6, 6.07) is 3.05. The van der Waals surface area contributed by atoms with E-state index in [0.29, 0.717) is 5.75 Å². The van der Waals surface area contributed by atoms with Crippen LogP contribution in [0.4, 0.5) is 0 Å². The van der Waals surface area contributed by atoms with Crippen molar-refractivity contribution in [3.8, 4) is 5.75 Å². The topological polar surface area (TPSA) is 26.3 Å². The Hall–Kier alpha value is -0.440. The van der Waals surface area contributed by atoms with Gasteiger partial charge in [-0.3, -0.25) is 4.79 Å². The van der Waals surface area contributed by atoms with Gasteiger partial charge in [-0.15, -0.1) is 11.6 Å². The highest BCUT2D eigenvalue weighted by Gasteiger charge is 2.14. The number of ketones is 1. The van der Waals surface area contributed by atoms with Crippen LogP contribution in [0, 0.1) is 0 Å². The molecule has 0 aliphatic heterocycles. The van der Waals surface area contributed by atoms with Crippen LogP contribution in [0.15, 0.2) is 12.1 Å². The summed E-state index contributed by atoms with van der Waals surface area (Å²) in [6.45, 7) is 0. The van der Waals surface area contributed by atoms with E-state index >= 15 is 0 Å². The molecule has 0 saturated carbocycles. The Balaban J connectivity index is 3.27. The maximum Gasteiger partial charge on any atom is 0.179 e. The van der Waals surface area contributed by atoms with Crippen molar-refractivity contribution in [2.24, 2.45) is 0 Å². The molecular formula is C9H7Cl3O2. The molecular weight excluding hydrogens is 246 g/mol. The van der Waals surface area contributed by atoms with E-state index in [0.717, 1.165) is 0 Å². The molecule has 0 N–H and O–H groups in total. The molecule has 76 valence electrons. The van der Waals surface area contributed by atoms with Gasteiger partial charge in [-0.1, -0.05) is 23.2 Å². The number of ether oxygens (including phenoxy) is 1. The second kappa shape index (κ2) is 4.87. The summed E-state index contributed by atoms with van der Waals surface area (Å²) in [5.74, 6) is 0.0637. The summed E-state index contributed by atoms with van der Waals surface area (Å²) in [7, 11) is 1.48. The van der Waals surface area contributed by atoms with Crippen LogP contribution in [0.5, 0.6) is 5.75 Å². The Morgan fingerprint density at radius 1 is 1.43 bits per heavy atom. The molecule has 0 heterocycles. The minimum absolute atomic E-state index is 0.136. The van der Waals surface area contributed by atoms with Crippen LogP contribution in [-0.4, -0.2) is 18.8 Å². The summed E-state index contributed by atoms with van der Waals surface area (Å²) < 4.78 is 4.95. The van der Waals surface area contributed by atoms with Gasteiger partial charge in [0, 0.05) is 11.6 Å². The largest absolute Gasteiger partial charge is 0.497 e. The van der Waals surface area contributed by atoms with Crippen molar-refractivity contribution < 1.29 is 9.53 Å². The van der Waals surface area contributed by atoms with Crippen molar-refractivity contribution in [3.05, 3.63) is 27.7 Å². The fraction of sp³-hybridized carbons (Fsp3) is 0.222. The second-order valence-corrected chi connectivity index (χ2v) is 3.58. The average molecular weight is 254 g/mol. The number of rotatable bonds is 3. The Morgan fingerprint density at radius 2 is 2.07 bits per heavy atom. The Bertz CT molecular complexity index is 363. The third-order valence-corrected chi connectivity index (χ3v) is 2.70. The van der Waals surface area contributed by atoms with Gasteiger partial charge in [-0.25, -0.2) is 0 Å². The lowest BCUT2D eigenvalue weighted by Gasteiger charge is -2.06. The molecule has 14 heavy (non-hydrogen) atoms. The molecule has 0 radical (unpaired) electrons. The quantitative estimate of drug-likeness (QED) is 0.609. The first-order chi connectivity index (χ1) is 6.60. The number of halogens is 3. The normalized spacial score (nSPS) is 10.0. The molecule has 0 saturated heterocycles. The average Bonchev–Trinajstić information content (AvgIpc) is 2.20. The molecule has 0 fully saturated rings. The van der Waals surface area contributed by atoms with Crippen LogP contribution in [0.25, 0.3) is 0 Å². The fourth-order valence-electron chi connectivity index (χ4n) is 0.957. The maximum absolute atomic E-state index is 11.3. The number of hydrogen-bond donors (Lipinski definition) is 0. The molecule has 0 unspecified atom stereocenters. The van der Waals surface area contributed by atoms with Crippen LogP contribution in [0.2, 0.25) is 10.0 Å². The lowest BCUT2D eigenvalue weighted by molar-refractivity contribution is 0.102. The fourth-order valence-corrected chi connectivity index (χ4v) is 1.52. The summed E-state index contributed by atoms with van der Waals surface area (Å²) >= 11 is 17.0. The van der Waals surface area contributed by atoms with Crippen LogP contribution in [0.3, 0.4) is 0 Å². The molecule has 0 spiro atoms. The van der Waals surface area contributed by atoms with Crippen molar-refractivity contribution in [1.82, 2.24) is 0 Å². The number of carbonyl (C=O) groups excluding carboxylic acids is 1. The van der Waals surface area contributed by atoms with E-state index in [2.05, 4.69) is 0 Å². The Labute approximate surface area is 96.7 Å². The third kappa shape index (κ3) is 2.32. The van der Waals surface area contributed by atoms with Crippen LogP contribution < -0.4 is 4.74 Å². The van der Waals surface area contributed by atoms with Crippen molar-refractivity contribution in [2.45, 2.75) is 0 Å². The number of carbonyl (C=O) groups is 1. The van der Waals surface area contributed by atoms with Gasteiger partial charge in [0.15, 0.2) is 5.78 Å². The first kappa shape index (κ1) is 11.6. The van der Waals surface area contributed by atoms with Gasteiger partial charge in [0.1, 0.15) is 5.75 Å². The summed E-state index contributed by atoms with van der Waals surface area (Å²) in [5, 5.41) is 0.484. The van der Waals surface area contributed by atoms with Gasteiger partial charge in [-0.05, 0) is 6.07 Å². The van der Waals surface area contributed by atoms with E-state index in [1.165, 1.54) is 19.2 Å². The van der Waals surface area contributed by atoms with Gasteiger partial charge in [0.2, 0.25) is 0 Å². The first-order valence-electron chi connectivity index (χ1n) is 3.72. The lowest BCUT2D eigenvalue weighted by Crippen LogP contribution is -2.02. The number of methoxy groups -OCH3 is 1. The van der Waals surface area contributed by atoms with Crippen molar-refractivity contribution >= 4 is 40.6 Å². The molecule has 5 heteroatoms. The molecule has 0 aliphatic rings. The molecule has 0 atom stereocenters. The third-order valence-electron chi connectivity index (χ3n) is 1.66. The van der Waals surface area contributed by atoms with Crippen LogP contribution in [-0.2, 0) is 0 Å². The van der Waals surface area contributed by atoms with Crippen molar-refractivity contribution in [2.75, 3.05) is 13.0 Å². The van der Waals surface area contributed by atoms with E-state index in [-0.39, 0.29) is 27.3 Å². The number of hydrogen-bond acceptors (Lipinski definition) is 2. The smallest absolute Gasteiger partial charge is 0.179 e. The maximum atomic E-state index is 11.3. The van der Waals surface area contributed by atoms with Crippen molar-refractivity contribution in [1.29, 1.82) is 0 Å². The van der Waals surface area contributed by atoms with E-state index < -0.39 is 0 Å². The molecule has 1 aromatic rings. The summed E-state index contributed by atoms with van der Waals surface area (Å²) in [6.07, 6.45) is 0. The molecule has 0 bridgehead atoms. The van der Waals surface area contributed by atoms with E-state index in [1.54, 1.807) is 0 Å². The first-order valence-corrected chi connectivity index (χ1v) is 5.01. The predicted octanol–water partition coefficient (Wildman–Crippen LogP) is 3.42. The van der Waals surface area contributed by atoms with Gasteiger partial charge < -0.3 is 4.74 Å².